The number of carbonyl (C=O) groups is 1. The second-order valence-electron chi connectivity index (χ2n) is 7.84. The molecule has 8 nitrogen and oxygen atoms in total. The molecule has 0 atom stereocenters. The van der Waals surface area contributed by atoms with Crippen LogP contribution < -0.4 is 25.6 Å². The van der Waals surface area contributed by atoms with E-state index in [1.54, 1.807) is 24.3 Å². The lowest BCUT2D eigenvalue weighted by Crippen LogP contribution is -2.43. The lowest BCUT2D eigenvalue weighted by atomic mass is 10.2. The first-order chi connectivity index (χ1) is 17.1. The first kappa shape index (κ1) is 23.1. The van der Waals surface area contributed by atoms with Gasteiger partial charge in [0, 0.05) is 43.6 Å². The number of fused-ring (bicyclic) bond motifs is 1. The molecule has 0 saturated carbocycles. The van der Waals surface area contributed by atoms with Crippen LogP contribution in [0.1, 0.15) is 0 Å². The molecule has 2 aromatic carbocycles. The molecule has 0 bridgehead atoms. The van der Waals surface area contributed by atoms with Crippen LogP contribution in [-0.4, -0.2) is 42.1 Å². The molecule has 1 aliphatic heterocycles. The summed E-state index contributed by atoms with van der Waals surface area (Å²) in [6.07, 6.45) is 1.22. The number of anilines is 4. The molecular weight excluding hydrogens is 484 g/mol. The Morgan fingerprint density at radius 3 is 2.80 bits per heavy atom. The van der Waals surface area contributed by atoms with Crippen molar-refractivity contribution < 1.29 is 9.53 Å². The number of amides is 1. The Morgan fingerprint density at radius 1 is 1.14 bits per heavy atom. The molecule has 0 radical (unpaired) electrons. The Hall–Kier alpha value is -3.66. The van der Waals surface area contributed by atoms with Gasteiger partial charge >= 0.3 is 0 Å². The molecule has 0 aliphatic carbocycles. The van der Waals surface area contributed by atoms with Crippen molar-refractivity contribution in [3.05, 3.63) is 71.6 Å². The van der Waals surface area contributed by atoms with Gasteiger partial charge in [-0.25, -0.2) is 4.98 Å². The molecule has 2 aromatic heterocycles. The van der Waals surface area contributed by atoms with Gasteiger partial charge in [-0.3, -0.25) is 4.79 Å². The topological polar surface area (TPSA) is 91.4 Å². The molecule has 35 heavy (non-hydrogen) atoms. The summed E-state index contributed by atoms with van der Waals surface area (Å²) in [5.74, 6) is 1.06. The highest BCUT2D eigenvalue weighted by Crippen LogP contribution is 2.35. The molecule has 1 amide bonds. The fourth-order valence-corrected chi connectivity index (χ4v) is 4.84. The zero-order valence-corrected chi connectivity index (χ0v) is 20.3. The number of nitrogens with one attached hydrogen (secondary N) is 3. The number of ether oxygens (including phenoxy) is 1. The maximum atomic E-state index is 11.6. The van der Waals surface area contributed by atoms with Crippen LogP contribution in [0, 0.1) is 0 Å². The SMILES string of the molecule is C=CC(=O)Nc1cccc(Oc2nc(Nc3ccc(N4CCNCC4)c(Cl)c3)nc3ccsc23)c1. The minimum atomic E-state index is -0.294. The quantitative estimate of drug-likeness (QED) is 0.288. The summed E-state index contributed by atoms with van der Waals surface area (Å²) in [6.45, 7) is 7.20. The number of aromatic nitrogens is 2. The number of thiophene rings is 1. The van der Waals surface area contributed by atoms with E-state index >= 15 is 0 Å². The molecule has 0 unspecified atom stereocenters. The van der Waals surface area contributed by atoms with Crippen LogP contribution >= 0.6 is 22.9 Å². The van der Waals surface area contributed by atoms with Crippen molar-refractivity contribution in [2.45, 2.75) is 0 Å². The lowest BCUT2D eigenvalue weighted by molar-refractivity contribution is -0.111. The predicted octanol–water partition coefficient (Wildman–Crippen LogP) is 5.41. The fraction of sp³-hybridized carbons (Fsp3) is 0.160. The normalized spacial score (nSPS) is 13.5. The highest BCUT2D eigenvalue weighted by molar-refractivity contribution is 7.17. The summed E-state index contributed by atoms with van der Waals surface area (Å²) < 4.78 is 6.93. The average molecular weight is 507 g/mol. The van der Waals surface area contributed by atoms with Crippen LogP contribution in [0.3, 0.4) is 0 Å². The van der Waals surface area contributed by atoms with Crippen LogP contribution in [0.5, 0.6) is 11.6 Å². The smallest absolute Gasteiger partial charge is 0.247 e. The van der Waals surface area contributed by atoms with Crippen molar-refractivity contribution in [1.29, 1.82) is 0 Å². The van der Waals surface area contributed by atoms with Crippen molar-refractivity contribution in [3.8, 4) is 11.6 Å². The van der Waals surface area contributed by atoms with E-state index in [0.29, 0.717) is 28.3 Å². The first-order valence-corrected chi connectivity index (χ1v) is 12.3. The standard InChI is InChI=1S/C25H23ClN6O2S/c1-2-22(33)28-16-4-3-5-18(14-16)34-24-23-20(8-13-35-23)30-25(31-24)29-17-6-7-21(19(26)15-17)32-11-9-27-10-12-32/h2-8,13-15,27H,1,9-12H2,(H,28,33)(H,29,30,31). The van der Waals surface area contributed by atoms with Crippen molar-refractivity contribution in [2.24, 2.45) is 0 Å². The molecule has 4 aromatic rings. The van der Waals surface area contributed by atoms with Gasteiger partial charge in [0.25, 0.3) is 0 Å². The van der Waals surface area contributed by atoms with Crippen molar-refractivity contribution in [3.63, 3.8) is 0 Å². The van der Waals surface area contributed by atoms with Gasteiger partial charge in [-0.05, 0) is 47.9 Å². The Balaban J connectivity index is 1.39. The first-order valence-electron chi connectivity index (χ1n) is 11.1. The van der Waals surface area contributed by atoms with E-state index in [1.165, 1.54) is 17.4 Å². The largest absolute Gasteiger partial charge is 0.437 e. The molecule has 1 saturated heterocycles. The van der Waals surface area contributed by atoms with Crippen molar-refractivity contribution >= 4 is 62.1 Å². The van der Waals surface area contributed by atoms with Crippen LogP contribution in [0.4, 0.5) is 23.0 Å². The summed E-state index contributed by atoms with van der Waals surface area (Å²) in [5, 5.41) is 11.9. The number of rotatable bonds is 7. The number of nitrogens with zero attached hydrogens (tertiary/aromatic N) is 3. The average Bonchev–Trinajstić information content (AvgIpc) is 3.34. The van der Waals surface area contributed by atoms with Crippen LogP contribution in [0.2, 0.25) is 5.02 Å². The van der Waals surface area contributed by atoms with Gasteiger partial charge < -0.3 is 25.6 Å². The molecule has 5 rings (SSSR count). The van der Waals surface area contributed by atoms with Crippen molar-refractivity contribution in [2.75, 3.05) is 41.7 Å². The van der Waals surface area contributed by atoms with Gasteiger partial charge in [-0.2, -0.15) is 4.98 Å². The van der Waals surface area contributed by atoms with E-state index in [0.717, 1.165) is 47.8 Å². The molecule has 178 valence electrons. The number of carbonyl (C=O) groups excluding carboxylic acids is 1. The Kier molecular flexibility index (Phi) is 6.80. The zero-order valence-electron chi connectivity index (χ0n) is 18.8. The molecule has 3 N–H and O–H groups in total. The van der Waals surface area contributed by atoms with Gasteiger partial charge in [-0.1, -0.05) is 24.2 Å². The monoisotopic (exact) mass is 506 g/mol. The van der Waals surface area contributed by atoms with Crippen LogP contribution in [-0.2, 0) is 4.79 Å². The van der Waals surface area contributed by atoms with Crippen molar-refractivity contribution in [1.82, 2.24) is 15.3 Å². The summed E-state index contributed by atoms with van der Waals surface area (Å²) >= 11 is 8.10. The van der Waals surface area contributed by atoms with Gasteiger partial charge in [0.2, 0.25) is 17.7 Å². The van der Waals surface area contributed by atoms with E-state index < -0.39 is 0 Å². The zero-order chi connectivity index (χ0) is 24.2. The Morgan fingerprint density at radius 2 is 2.00 bits per heavy atom. The molecule has 1 fully saturated rings. The Labute approximate surface area is 211 Å². The van der Waals surface area contributed by atoms with E-state index in [-0.39, 0.29) is 5.91 Å². The van der Waals surface area contributed by atoms with Crippen LogP contribution in [0.25, 0.3) is 10.2 Å². The molecule has 1 aliphatic rings. The fourth-order valence-electron chi connectivity index (χ4n) is 3.78. The molecule has 3 heterocycles. The third-order valence-corrected chi connectivity index (χ3v) is 6.63. The summed E-state index contributed by atoms with van der Waals surface area (Å²) in [5.41, 5.74) is 3.16. The van der Waals surface area contributed by atoms with E-state index in [9.17, 15) is 4.79 Å². The van der Waals surface area contributed by atoms with E-state index in [1.807, 2.05) is 29.6 Å². The second-order valence-corrected chi connectivity index (χ2v) is 9.16. The highest BCUT2D eigenvalue weighted by Gasteiger charge is 2.15. The van der Waals surface area contributed by atoms with E-state index in [2.05, 4.69) is 37.4 Å². The third-order valence-electron chi connectivity index (χ3n) is 5.44. The number of benzene rings is 2. The minimum Gasteiger partial charge on any atom is -0.437 e. The predicted molar refractivity (Wildman–Crippen MR) is 143 cm³/mol. The van der Waals surface area contributed by atoms with Crippen LogP contribution in [0.15, 0.2) is 66.6 Å². The maximum absolute atomic E-state index is 11.6. The van der Waals surface area contributed by atoms with Gasteiger partial charge in [0.15, 0.2) is 0 Å². The number of halogens is 1. The number of piperazine rings is 1. The lowest BCUT2D eigenvalue weighted by Gasteiger charge is -2.30. The highest BCUT2D eigenvalue weighted by atomic mass is 35.5. The number of hydrogen-bond donors (Lipinski definition) is 3. The maximum Gasteiger partial charge on any atom is 0.247 e. The summed E-state index contributed by atoms with van der Waals surface area (Å²) in [4.78, 5) is 23.1. The van der Waals surface area contributed by atoms with Gasteiger partial charge in [-0.15, -0.1) is 11.3 Å². The molecule has 10 heteroatoms. The van der Waals surface area contributed by atoms with Gasteiger partial charge in [0.1, 0.15) is 10.4 Å². The molecular formula is C25H23ClN6O2S. The third kappa shape index (κ3) is 5.37. The minimum absolute atomic E-state index is 0.294. The van der Waals surface area contributed by atoms with E-state index in [4.69, 9.17) is 16.3 Å². The molecule has 0 spiro atoms. The second kappa shape index (κ2) is 10.3. The Bertz CT molecular complexity index is 1390. The number of hydrogen-bond acceptors (Lipinski definition) is 8. The van der Waals surface area contributed by atoms with Gasteiger partial charge in [0.05, 0.1) is 16.2 Å². The summed E-state index contributed by atoms with van der Waals surface area (Å²) in [7, 11) is 0. The summed E-state index contributed by atoms with van der Waals surface area (Å²) in [6, 6.07) is 14.9.